The number of carboxylic acids is 1. The number of carbonyl (C=O) groups excluding carboxylic acids is 2. The number of hydrogen-bond acceptors (Lipinski definition) is 9. The van der Waals surface area contributed by atoms with Crippen molar-refractivity contribution in [2.45, 2.75) is 63.6 Å². The van der Waals surface area contributed by atoms with Crippen molar-refractivity contribution in [3.05, 3.63) is 0 Å². The molecule has 1 saturated heterocycles. The molecule has 6 N–H and O–H groups in total. The predicted octanol–water partition coefficient (Wildman–Crippen LogP) is -2.99. The molecule has 1 aliphatic rings. The number of ether oxygens (including phenoxy) is 2. The van der Waals surface area contributed by atoms with Gasteiger partial charge in [0.25, 0.3) is 5.91 Å². The molecule has 0 aromatic heterocycles. The molecule has 0 saturated carbocycles. The lowest BCUT2D eigenvalue weighted by atomic mass is 9.97. The number of carbonyl (C=O) groups is 3. The van der Waals surface area contributed by atoms with Gasteiger partial charge in [0.2, 0.25) is 5.91 Å². The Labute approximate surface area is 143 Å². The summed E-state index contributed by atoms with van der Waals surface area (Å²) in [7, 11) is 0. The van der Waals surface area contributed by atoms with Crippen LogP contribution in [0.15, 0.2) is 0 Å². The van der Waals surface area contributed by atoms with Gasteiger partial charge in [0, 0.05) is 6.92 Å². The number of aliphatic hydroxyl groups excluding tert-OH is 3. The number of aliphatic carboxylic acids is 1. The Bertz CT molecular complexity index is 515. The third-order valence-corrected chi connectivity index (χ3v) is 3.95. The number of nitrogens with zero attached hydrogens (tertiary/aromatic N) is 1. The van der Waals surface area contributed by atoms with Gasteiger partial charge in [0.05, 0.1) is 12.6 Å². The average molecular weight is 364 g/mol. The summed E-state index contributed by atoms with van der Waals surface area (Å²) < 4.78 is 10.3. The molecule has 144 valence electrons. The van der Waals surface area contributed by atoms with Crippen LogP contribution in [0.4, 0.5) is 0 Å². The van der Waals surface area contributed by atoms with E-state index in [-0.39, 0.29) is 0 Å². The van der Waals surface area contributed by atoms with Crippen molar-refractivity contribution in [1.82, 2.24) is 4.90 Å². The molecule has 11 nitrogen and oxygen atoms in total. The first-order valence-electron chi connectivity index (χ1n) is 7.62. The molecule has 1 fully saturated rings. The van der Waals surface area contributed by atoms with Crippen molar-refractivity contribution in [1.29, 1.82) is 0 Å². The molecular weight excluding hydrogens is 340 g/mol. The van der Waals surface area contributed by atoms with Crippen LogP contribution in [-0.4, -0.2) is 92.5 Å². The number of aliphatic hydroxyl groups is 3. The van der Waals surface area contributed by atoms with Crippen LogP contribution in [-0.2, 0) is 23.9 Å². The van der Waals surface area contributed by atoms with Crippen LogP contribution in [0.5, 0.6) is 0 Å². The standard InChI is InChI=1S/C14H24N2O9/c1-5(13(21)22)16(7(3)18)12(20)6(2)24-11-9(15)14(23)25-8(4-17)10(11)19/h5-6,8-11,14,17,19,23H,4,15H2,1-3H3,(H,21,22)/t5-,6?,8+,9+,10+,11+,14-/m0/s1. The quantitative estimate of drug-likeness (QED) is 0.326. The second kappa shape index (κ2) is 8.65. The highest BCUT2D eigenvalue weighted by atomic mass is 16.6. The summed E-state index contributed by atoms with van der Waals surface area (Å²) in [6, 6.07) is -2.64. The zero-order chi connectivity index (χ0) is 19.5. The van der Waals surface area contributed by atoms with E-state index in [2.05, 4.69) is 0 Å². The molecule has 0 radical (unpaired) electrons. The number of carboxylic acid groups (broad SMARTS) is 1. The number of imide groups is 1. The first kappa shape index (κ1) is 21.4. The molecule has 1 unspecified atom stereocenters. The summed E-state index contributed by atoms with van der Waals surface area (Å²) in [5, 5.41) is 38.0. The highest BCUT2D eigenvalue weighted by Gasteiger charge is 2.45. The van der Waals surface area contributed by atoms with E-state index in [1.54, 1.807) is 0 Å². The number of rotatable bonds is 6. The van der Waals surface area contributed by atoms with Crippen LogP contribution in [0.25, 0.3) is 0 Å². The fraction of sp³-hybridized carbons (Fsp3) is 0.786. The van der Waals surface area contributed by atoms with E-state index in [4.69, 9.17) is 25.4 Å². The van der Waals surface area contributed by atoms with Gasteiger partial charge in [-0.25, -0.2) is 4.79 Å². The maximum atomic E-state index is 12.4. The van der Waals surface area contributed by atoms with Crippen molar-refractivity contribution < 1.29 is 44.3 Å². The lowest BCUT2D eigenvalue weighted by Crippen LogP contribution is -2.64. The summed E-state index contributed by atoms with van der Waals surface area (Å²) in [5.41, 5.74) is 5.69. The van der Waals surface area contributed by atoms with Crippen LogP contribution in [0.2, 0.25) is 0 Å². The van der Waals surface area contributed by atoms with Crippen LogP contribution in [0, 0.1) is 0 Å². The minimum Gasteiger partial charge on any atom is -0.480 e. The van der Waals surface area contributed by atoms with Crippen LogP contribution >= 0.6 is 0 Å². The van der Waals surface area contributed by atoms with E-state index >= 15 is 0 Å². The SMILES string of the molecule is CC(=O)N(C(=O)C(C)O[C@@H]1[C@@H](N)[C@@H](O)O[C@H](CO)[C@H]1O)[C@@H](C)C(=O)O. The Kier molecular flexibility index (Phi) is 7.41. The molecule has 7 atom stereocenters. The number of nitrogens with two attached hydrogens (primary N) is 1. The summed E-state index contributed by atoms with van der Waals surface area (Å²) in [5.74, 6) is -3.11. The first-order chi connectivity index (χ1) is 11.5. The van der Waals surface area contributed by atoms with E-state index in [9.17, 15) is 24.6 Å². The number of hydrogen-bond donors (Lipinski definition) is 5. The second-order valence-electron chi connectivity index (χ2n) is 5.80. The Morgan fingerprint density at radius 3 is 2.28 bits per heavy atom. The molecule has 25 heavy (non-hydrogen) atoms. The predicted molar refractivity (Wildman–Crippen MR) is 80.9 cm³/mol. The zero-order valence-electron chi connectivity index (χ0n) is 14.1. The second-order valence-corrected chi connectivity index (χ2v) is 5.80. The fourth-order valence-electron chi connectivity index (χ4n) is 2.49. The van der Waals surface area contributed by atoms with Crippen molar-refractivity contribution in [3.8, 4) is 0 Å². The van der Waals surface area contributed by atoms with Crippen molar-refractivity contribution in [2.24, 2.45) is 5.73 Å². The van der Waals surface area contributed by atoms with E-state index < -0.39 is 67.2 Å². The van der Waals surface area contributed by atoms with Gasteiger partial charge in [-0.3, -0.25) is 14.5 Å². The third-order valence-electron chi connectivity index (χ3n) is 3.95. The van der Waals surface area contributed by atoms with Crippen molar-refractivity contribution >= 4 is 17.8 Å². The topological polar surface area (TPSA) is 180 Å². The fourth-order valence-corrected chi connectivity index (χ4v) is 2.49. The van der Waals surface area contributed by atoms with Gasteiger partial charge in [0.15, 0.2) is 6.29 Å². The first-order valence-corrected chi connectivity index (χ1v) is 7.62. The Balaban J connectivity index is 2.94. The van der Waals surface area contributed by atoms with Crippen LogP contribution in [0.3, 0.4) is 0 Å². The highest BCUT2D eigenvalue weighted by molar-refractivity contribution is 5.99. The van der Waals surface area contributed by atoms with E-state index in [1.807, 2.05) is 0 Å². The van der Waals surface area contributed by atoms with Crippen molar-refractivity contribution in [3.63, 3.8) is 0 Å². The minimum atomic E-state index is -1.55. The summed E-state index contributed by atoms with van der Waals surface area (Å²) in [4.78, 5) is 35.6. The molecular formula is C14H24N2O9. The molecule has 0 aromatic carbocycles. The molecule has 11 heteroatoms. The Morgan fingerprint density at radius 2 is 1.84 bits per heavy atom. The molecule has 1 aliphatic heterocycles. The Hall–Kier alpha value is -1.63. The zero-order valence-corrected chi connectivity index (χ0v) is 14.1. The van der Waals surface area contributed by atoms with E-state index in [1.165, 1.54) is 6.92 Å². The van der Waals surface area contributed by atoms with Gasteiger partial charge >= 0.3 is 5.97 Å². The lowest BCUT2D eigenvalue weighted by molar-refractivity contribution is -0.262. The minimum absolute atomic E-state index is 0.518. The molecule has 0 spiro atoms. The molecule has 0 aromatic rings. The molecule has 0 aliphatic carbocycles. The molecule has 2 amide bonds. The average Bonchev–Trinajstić information content (AvgIpc) is 2.54. The van der Waals surface area contributed by atoms with Gasteiger partial charge in [-0.1, -0.05) is 0 Å². The van der Waals surface area contributed by atoms with Crippen LogP contribution < -0.4 is 5.73 Å². The Morgan fingerprint density at radius 1 is 1.28 bits per heavy atom. The van der Waals surface area contributed by atoms with E-state index in [0.29, 0.717) is 4.90 Å². The van der Waals surface area contributed by atoms with Crippen LogP contribution in [0.1, 0.15) is 20.8 Å². The smallest absolute Gasteiger partial charge is 0.326 e. The molecule has 1 rings (SSSR count). The molecule has 0 bridgehead atoms. The third kappa shape index (κ3) is 4.71. The van der Waals surface area contributed by atoms with Gasteiger partial charge in [0.1, 0.15) is 30.5 Å². The van der Waals surface area contributed by atoms with Gasteiger partial charge < -0.3 is 35.6 Å². The van der Waals surface area contributed by atoms with Gasteiger partial charge in [-0.2, -0.15) is 0 Å². The highest BCUT2D eigenvalue weighted by Crippen LogP contribution is 2.23. The number of amides is 2. The largest absolute Gasteiger partial charge is 0.480 e. The lowest BCUT2D eigenvalue weighted by Gasteiger charge is -2.41. The normalized spacial score (nSPS) is 31.9. The monoisotopic (exact) mass is 364 g/mol. The summed E-state index contributed by atoms with van der Waals surface area (Å²) in [6.07, 6.45) is -6.80. The van der Waals surface area contributed by atoms with Gasteiger partial charge in [-0.15, -0.1) is 0 Å². The van der Waals surface area contributed by atoms with Gasteiger partial charge in [-0.05, 0) is 13.8 Å². The van der Waals surface area contributed by atoms with Crippen molar-refractivity contribution in [2.75, 3.05) is 6.61 Å². The molecule has 1 heterocycles. The summed E-state index contributed by atoms with van der Waals surface area (Å²) in [6.45, 7) is 2.82. The summed E-state index contributed by atoms with van der Waals surface area (Å²) >= 11 is 0. The maximum Gasteiger partial charge on any atom is 0.326 e. The van der Waals surface area contributed by atoms with E-state index in [0.717, 1.165) is 13.8 Å². The maximum absolute atomic E-state index is 12.4.